The Kier molecular flexibility index (Phi) is 6.37. The Labute approximate surface area is 189 Å². The highest BCUT2D eigenvalue weighted by Crippen LogP contribution is 2.49. The lowest BCUT2D eigenvalue weighted by atomic mass is 9.99. The van der Waals surface area contributed by atoms with Gasteiger partial charge in [-0.3, -0.25) is 0 Å². The largest absolute Gasteiger partial charge is 0.497 e. The molecule has 1 fully saturated rings. The van der Waals surface area contributed by atoms with Crippen LogP contribution in [0.25, 0.3) is 0 Å². The number of para-hydroxylation sites is 1. The van der Waals surface area contributed by atoms with Crippen LogP contribution in [0.4, 0.5) is 16.2 Å². The number of methoxy groups -OCH3 is 1. The molecule has 1 unspecified atom stereocenters. The highest BCUT2D eigenvalue weighted by Gasteiger charge is 2.32. The molecule has 2 aromatic carbocycles. The summed E-state index contributed by atoms with van der Waals surface area (Å²) in [6, 6.07) is 15.0. The van der Waals surface area contributed by atoms with Gasteiger partial charge in [-0.15, -0.1) is 0 Å². The van der Waals surface area contributed by atoms with Crippen LogP contribution in [-0.2, 0) is 4.74 Å². The predicted octanol–water partition coefficient (Wildman–Crippen LogP) is 6.48. The minimum Gasteiger partial charge on any atom is -0.497 e. The van der Waals surface area contributed by atoms with Crippen molar-refractivity contribution < 1.29 is 14.3 Å². The molecule has 1 amide bonds. The second-order valence-corrected chi connectivity index (χ2v) is 10.3. The third-order valence-electron chi connectivity index (χ3n) is 5.77. The number of piperidine rings is 1. The van der Waals surface area contributed by atoms with E-state index in [0.717, 1.165) is 44.5 Å². The van der Waals surface area contributed by atoms with E-state index in [1.807, 2.05) is 31.7 Å². The number of carbonyl (C=O) groups excluding carboxylic acids is 1. The summed E-state index contributed by atoms with van der Waals surface area (Å²) in [6.45, 7) is 7.39. The van der Waals surface area contributed by atoms with Crippen molar-refractivity contribution in [3.8, 4) is 5.75 Å². The topological polar surface area (TPSA) is 42.0 Å². The minimum absolute atomic E-state index is 0.186. The Morgan fingerprint density at radius 2 is 1.87 bits per heavy atom. The molecule has 2 aliphatic heterocycles. The number of fused-ring (bicyclic) bond motifs is 2. The maximum absolute atomic E-state index is 12.8. The van der Waals surface area contributed by atoms with Crippen molar-refractivity contribution in [2.75, 3.05) is 25.1 Å². The van der Waals surface area contributed by atoms with E-state index in [0.29, 0.717) is 0 Å². The van der Waals surface area contributed by atoms with Gasteiger partial charge in [0.2, 0.25) is 0 Å². The Morgan fingerprint density at radius 1 is 1.10 bits per heavy atom. The van der Waals surface area contributed by atoms with Crippen LogP contribution < -0.4 is 9.64 Å². The molecule has 6 heteroatoms. The van der Waals surface area contributed by atoms with E-state index in [9.17, 15) is 4.79 Å². The van der Waals surface area contributed by atoms with Gasteiger partial charge in [-0.25, -0.2) is 4.79 Å². The molecule has 4 rings (SSSR count). The number of rotatable bonds is 4. The van der Waals surface area contributed by atoms with Crippen molar-refractivity contribution in [1.29, 1.82) is 0 Å². The standard InChI is InChI=1S/C25H32N2O3S/c1-25(2,3)30-24(28)26-15-8-7-9-18(26)14-16-27-20-10-5-6-11-22(20)31-23-13-12-19(29-4)17-21(23)27/h5-6,10-13,17-18H,7-9,14-16H2,1-4H3. The molecule has 2 heterocycles. The van der Waals surface area contributed by atoms with Gasteiger partial charge in [0.05, 0.1) is 18.5 Å². The van der Waals surface area contributed by atoms with Gasteiger partial charge >= 0.3 is 6.09 Å². The Bertz CT molecular complexity index is 941. The first-order valence-electron chi connectivity index (χ1n) is 11.1. The fourth-order valence-corrected chi connectivity index (χ4v) is 5.39. The van der Waals surface area contributed by atoms with E-state index >= 15 is 0 Å². The second-order valence-electron chi connectivity index (χ2n) is 9.17. The number of benzene rings is 2. The van der Waals surface area contributed by atoms with Crippen molar-refractivity contribution in [2.24, 2.45) is 0 Å². The molecule has 2 aromatic rings. The van der Waals surface area contributed by atoms with Crippen molar-refractivity contribution in [1.82, 2.24) is 4.90 Å². The van der Waals surface area contributed by atoms with E-state index < -0.39 is 5.60 Å². The summed E-state index contributed by atoms with van der Waals surface area (Å²) < 4.78 is 11.2. The summed E-state index contributed by atoms with van der Waals surface area (Å²) in [6.07, 6.45) is 3.93. The van der Waals surface area contributed by atoms with E-state index in [2.05, 4.69) is 41.3 Å². The van der Waals surface area contributed by atoms with Gasteiger partial charge in [-0.1, -0.05) is 23.9 Å². The lowest BCUT2D eigenvalue weighted by Gasteiger charge is -2.39. The molecule has 0 saturated carbocycles. The first-order chi connectivity index (χ1) is 14.9. The van der Waals surface area contributed by atoms with Gasteiger partial charge in [0.1, 0.15) is 11.4 Å². The minimum atomic E-state index is -0.475. The predicted molar refractivity (Wildman–Crippen MR) is 126 cm³/mol. The lowest BCUT2D eigenvalue weighted by Crippen LogP contribution is -2.47. The van der Waals surface area contributed by atoms with Crippen LogP contribution in [0.15, 0.2) is 52.3 Å². The van der Waals surface area contributed by atoms with Crippen molar-refractivity contribution >= 4 is 29.2 Å². The number of anilines is 2. The molecular formula is C25H32N2O3S. The number of nitrogens with zero attached hydrogens (tertiary/aromatic N) is 2. The van der Waals surface area contributed by atoms with Gasteiger partial charge < -0.3 is 19.3 Å². The van der Waals surface area contributed by atoms with Gasteiger partial charge in [-0.2, -0.15) is 0 Å². The Morgan fingerprint density at radius 3 is 2.65 bits per heavy atom. The summed E-state index contributed by atoms with van der Waals surface area (Å²) in [5, 5.41) is 0. The Balaban J connectivity index is 1.56. The molecule has 0 bridgehead atoms. The molecule has 1 saturated heterocycles. The van der Waals surface area contributed by atoms with Gasteiger partial charge in [0, 0.05) is 35.0 Å². The fourth-order valence-electron chi connectivity index (χ4n) is 4.32. The van der Waals surface area contributed by atoms with Gasteiger partial charge in [-0.05, 0) is 70.7 Å². The number of amides is 1. The first-order valence-corrected chi connectivity index (χ1v) is 11.9. The molecule has 0 spiro atoms. The molecular weight excluding hydrogens is 408 g/mol. The average molecular weight is 441 g/mol. The number of hydrogen-bond acceptors (Lipinski definition) is 5. The van der Waals surface area contributed by atoms with Gasteiger partial charge in [0.15, 0.2) is 0 Å². The summed E-state index contributed by atoms with van der Waals surface area (Å²) in [5.74, 6) is 0.858. The molecule has 166 valence electrons. The molecule has 5 nitrogen and oxygen atoms in total. The molecule has 0 aromatic heterocycles. The van der Waals surface area contributed by atoms with E-state index in [4.69, 9.17) is 9.47 Å². The highest BCUT2D eigenvalue weighted by molar-refractivity contribution is 7.99. The van der Waals surface area contributed by atoms with Crippen LogP contribution >= 0.6 is 11.8 Å². The number of carbonyl (C=O) groups is 1. The van der Waals surface area contributed by atoms with Crippen LogP contribution in [0, 0.1) is 0 Å². The molecule has 0 aliphatic carbocycles. The zero-order chi connectivity index (χ0) is 22.0. The summed E-state index contributed by atoms with van der Waals surface area (Å²) >= 11 is 1.80. The van der Waals surface area contributed by atoms with E-state index in [-0.39, 0.29) is 12.1 Å². The lowest BCUT2D eigenvalue weighted by molar-refractivity contribution is 0.00918. The molecule has 1 atom stereocenters. The number of ether oxygens (including phenoxy) is 2. The third-order valence-corrected chi connectivity index (χ3v) is 6.90. The first kappa shape index (κ1) is 21.9. The molecule has 0 radical (unpaired) electrons. The smallest absolute Gasteiger partial charge is 0.410 e. The molecule has 31 heavy (non-hydrogen) atoms. The zero-order valence-corrected chi connectivity index (χ0v) is 19.7. The maximum Gasteiger partial charge on any atom is 0.410 e. The van der Waals surface area contributed by atoms with Crippen LogP contribution in [0.1, 0.15) is 46.5 Å². The average Bonchev–Trinajstić information content (AvgIpc) is 2.75. The van der Waals surface area contributed by atoms with E-state index in [1.54, 1.807) is 18.9 Å². The maximum atomic E-state index is 12.8. The van der Waals surface area contributed by atoms with Crippen molar-refractivity contribution in [3.05, 3.63) is 42.5 Å². The molecule has 0 N–H and O–H groups in total. The monoisotopic (exact) mass is 440 g/mol. The zero-order valence-electron chi connectivity index (χ0n) is 18.9. The van der Waals surface area contributed by atoms with Crippen LogP contribution in [0.2, 0.25) is 0 Å². The number of likely N-dealkylation sites (tertiary alicyclic amines) is 1. The van der Waals surface area contributed by atoms with Crippen molar-refractivity contribution in [2.45, 2.75) is 67.9 Å². The van der Waals surface area contributed by atoms with Crippen molar-refractivity contribution in [3.63, 3.8) is 0 Å². The summed E-state index contributed by atoms with van der Waals surface area (Å²) in [7, 11) is 1.71. The summed E-state index contributed by atoms with van der Waals surface area (Å²) in [4.78, 5) is 19.6. The van der Waals surface area contributed by atoms with E-state index in [1.165, 1.54) is 21.2 Å². The van der Waals surface area contributed by atoms with Crippen LogP contribution in [-0.4, -0.2) is 42.8 Å². The quantitative estimate of drug-likeness (QED) is 0.544. The molecule has 2 aliphatic rings. The Hall–Kier alpha value is -2.34. The summed E-state index contributed by atoms with van der Waals surface area (Å²) in [5.41, 5.74) is 1.91. The third kappa shape index (κ3) is 4.95. The highest BCUT2D eigenvalue weighted by atomic mass is 32.2. The fraction of sp³-hybridized carbons (Fsp3) is 0.480. The van der Waals surface area contributed by atoms with Crippen LogP contribution in [0.3, 0.4) is 0 Å². The second kappa shape index (κ2) is 9.03. The SMILES string of the molecule is COc1ccc2c(c1)N(CCC1CCCCN1C(=O)OC(C)(C)C)c1ccccc1S2. The van der Waals surface area contributed by atoms with Gasteiger partial charge in [0.25, 0.3) is 0 Å². The van der Waals surface area contributed by atoms with Crippen LogP contribution in [0.5, 0.6) is 5.75 Å². The number of hydrogen-bond donors (Lipinski definition) is 0. The normalized spacial score (nSPS) is 18.3.